The van der Waals surface area contributed by atoms with E-state index < -0.39 is 0 Å². The number of nitrogens with zero attached hydrogens (tertiary/aromatic N) is 1. The van der Waals surface area contributed by atoms with Gasteiger partial charge in [-0.15, -0.1) is 0 Å². The van der Waals surface area contributed by atoms with Crippen molar-refractivity contribution in [3.05, 3.63) is 0 Å². The van der Waals surface area contributed by atoms with Gasteiger partial charge < -0.3 is 10.6 Å². The molecule has 3 unspecified atom stereocenters. The predicted octanol–water partition coefficient (Wildman–Crippen LogP) is 2.09. The van der Waals surface area contributed by atoms with Gasteiger partial charge in [-0.25, -0.2) is 0 Å². The van der Waals surface area contributed by atoms with E-state index in [0.717, 1.165) is 5.92 Å². The van der Waals surface area contributed by atoms with Crippen molar-refractivity contribution < 1.29 is 0 Å². The van der Waals surface area contributed by atoms with E-state index in [1.165, 1.54) is 38.9 Å². The van der Waals surface area contributed by atoms with E-state index in [0.29, 0.717) is 12.0 Å². The first-order valence-electron chi connectivity index (χ1n) is 6.11. The molecule has 1 aliphatic rings. The molecule has 2 N–H and O–H groups in total. The summed E-state index contributed by atoms with van der Waals surface area (Å²) in [6.07, 6.45) is 4.15. The molecule has 0 aromatic carbocycles. The van der Waals surface area contributed by atoms with Gasteiger partial charge in [0, 0.05) is 19.1 Å². The van der Waals surface area contributed by atoms with Gasteiger partial charge in [0.15, 0.2) is 0 Å². The minimum absolute atomic E-state index is 0.331. The van der Waals surface area contributed by atoms with E-state index in [9.17, 15) is 0 Å². The zero-order chi connectivity index (χ0) is 10.6. The Labute approximate surface area is 88.8 Å². The molecule has 0 saturated carbocycles. The fraction of sp³-hybridized carbons (Fsp3) is 1.00. The van der Waals surface area contributed by atoms with Gasteiger partial charge in [0.2, 0.25) is 0 Å². The summed E-state index contributed by atoms with van der Waals surface area (Å²) in [6.45, 7) is 10.5. The molecule has 0 aromatic rings. The van der Waals surface area contributed by atoms with Crippen molar-refractivity contribution >= 4 is 0 Å². The van der Waals surface area contributed by atoms with Crippen LogP contribution >= 0.6 is 0 Å². The lowest BCUT2D eigenvalue weighted by Gasteiger charge is -2.34. The maximum Gasteiger partial charge on any atom is 0.00483 e. The highest BCUT2D eigenvalue weighted by Crippen LogP contribution is 2.20. The Morgan fingerprint density at radius 3 is 2.71 bits per heavy atom. The van der Waals surface area contributed by atoms with E-state index in [2.05, 4.69) is 25.7 Å². The van der Waals surface area contributed by atoms with Crippen LogP contribution in [0.5, 0.6) is 0 Å². The Bertz CT molecular complexity index is 156. The number of hydrogen-bond donors (Lipinski definition) is 1. The fourth-order valence-electron chi connectivity index (χ4n) is 2.22. The summed E-state index contributed by atoms with van der Waals surface area (Å²) in [6, 6.07) is 0.331. The smallest absolute Gasteiger partial charge is 0.00483 e. The molecule has 14 heavy (non-hydrogen) atoms. The molecule has 1 aliphatic heterocycles. The van der Waals surface area contributed by atoms with E-state index in [1.807, 2.05) is 0 Å². The van der Waals surface area contributed by atoms with Crippen molar-refractivity contribution in [1.82, 2.24) is 4.90 Å². The summed E-state index contributed by atoms with van der Waals surface area (Å²) in [5.41, 5.74) is 5.89. The predicted molar refractivity (Wildman–Crippen MR) is 62.3 cm³/mol. The van der Waals surface area contributed by atoms with E-state index in [4.69, 9.17) is 5.73 Å². The summed E-state index contributed by atoms with van der Waals surface area (Å²) in [5.74, 6) is 1.56. The summed E-state index contributed by atoms with van der Waals surface area (Å²) < 4.78 is 0. The zero-order valence-corrected chi connectivity index (χ0v) is 10.00. The summed E-state index contributed by atoms with van der Waals surface area (Å²) in [7, 11) is 0. The van der Waals surface area contributed by atoms with Crippen molar-refractivity contribution in [3.63, 3.8) is 0 Å². The molecule has 2 nitrogen and oxygen atoms in total. The topological polar surface area (TPSA) is 29.3 Å². The van der Waals surface area contributed by atoms with Gasteiger partial charge in [0.1, 0.15) is 0 Å². The number of likely N-dealkylation sites (tertiary alicyclic amines) is 1. The zero-order valence-electron chi connectivity index (χ0n) is 10.00. The average molecular weight is 198 g/mol. The maximum absolute atomic E-state index is 5.89. The van der Waals surface area contributed by atoms with Crippen LogP contribution in [0.15, 0.2) is 0 Å². The van der Waals surface area contributed by atoms with Gasteiger partial charge in [-0.05, 0) is 38.1 Å². The Morgan fingerprint density at radius 1 is 1.43 bits per heavy atom. The van der Waals surface area contributed by atoms with Crippen LogP contribution in [0.25, 0.3) is 0 Å². The molecular weight excluding hydrogens is 172 g/mol. The third-order valence-corrected chi connectivity index (χ3v) is 3.62. The Hall–Kier alpha value is -0.0800. The minimum atomic E-state index is 0.331. The lowest BCUT2D eigenvalue weighted by atomic mass is 9.94. The molecular formula is C12H26N2. The lowest BCUT2D eigenvalue weighted by Crippen LogP contribution is -2.41. The minimum Gasteiger partial charge on any atom is -0.328 e. The normalized spacial score (nSPS) is 28.7. The fourth-order valence-corrected chi connectivity index (χ4v) is 2.22. The van der Waals surface area contributed by atoms with Crippen molar-refractivity contribution in [3.8, 4) is 0 Å². The Kier molecular flexibility index (Phi) is 4.90. The Balaban J connectivity index is 2.30. The molecule has 0 bridgehead atoms. The second-order valence-corrected chi connectivity index (χ2v) is 5.01. The number of hydrogen-bond acceptors (Lipinski definition) is 2. The van der Waals surface area contributed by atoms with E-state index in [-0.39, 0.29) is 0 Å². The van der Waals surface area contributed by atoms with Gasteiger partial charge in [0.05, 0.1) is 0 Å². The monoisotopic (exact) mass is 198 g/mol. The molecule has 0 amide bonds. The third kappa shape index (κ3) is 3.58. The molecule has 3 atom stereocenters. The summed E-state index contributed by atoms with van der Waals surface area (Å²) in [4.78, 5) is 2.60. The van der Waals surface area contributed by atoms with Crippen molar-refractivity contribution in [1.29, 1.82) is 0 Å². The van der Waals surface area contributed by atoms with Crippen molar-refractivity contribution in [2.75, 3.05) is 19.6 Å². The molecule has 1 rings (SSSR count). The van der Waals surface area contributed by atoms with Crippen LogP contribution in [0, 0.1) is 11.8 Å². The highest BCUT2D eigenvalue weighted by atomic mass is 15.1. The van der Waals surface area contributed by atoms with Gasteiger partial charge in [-0.2, -0.15) is 0 Å². The maximum atomic E-state index is 5.89. The molecule has 0 radical (unpaired) electrons. The van der Waals surface area contributed by atoms with Crippen LogP contribution in [0.4, 0.5) is 0 Å². The number of piperidine rings is 1. The highest BCUT2D eigenvalue weighted by Gasteiger charge is 2.20. The molecule has 0 aliphatic carbocycles. The molecule has 2 heteroatoms. The second kappa shape index (κ2) is 5.72. The first-order chi connectivity index (χ1) is 6.63. The lowest BCUT2D eigenvalue weighted by molar-refractivity contribution is 0.147. The standard InChI is InChI=1S/C12H26N2/c1-4-12-6-5-7-14(9-12)8-10(2)11(3)13/h10-12H,4-9,13H2,1-3H3. The van der Waals surface area contributed by atoms with Gasteiger partial charge in [0.25, 0.3) is 0 Å². The molecule has 1 heterocycles. The van der Waals surface area contributed by atoms with Crippen LogP contribution in [-0.4, -0.2) is 30.6 Å². The second-order valence-electron chi connectivity index (χ2n) is 5.01. The molecule has 1 fully saturated rings. The highest BCUT2D eigenvalue weighted by molar-refractivity contribution is 4.75. The number of rotatable bonds is 4. The van der Waals surface area contributed by atoms with Gasteiger partial charge >= 0.3 is 0 Å². The van der Waals surface area contributed by atoms with Crippen molar-refractivity contribution in [2.45, 2.75) is 46.1 Å². The summed E-state index contributed by atoms with van der Waals surface area (Å²) >= 11 is 0. The van der Waals surface area contributed by atoms with E-state index >= 15 is 0 Å². The summed E-state index contributed by atoms with van der Waals surface area (Å²) in [5, 5.41) is 0. The first-order valence-corrected chi connectivity index (χ1v) is 6.11. The van der Waals surface area contributed by atoms with Crippen LogP contribution in [0.3, 0.4) is 0 Å². The Morgan fingerprint density at radius 2 is 2.14 bits per heavy atom. The van der Waals surface area contributed by atoms with Crippen LogP contribution < -0.4 is 5.73 Å². The van der Waals surface area contributed by atoms with Crippen molar-refractivity contribution in [2.24, 2.45) is 17.6 Å². The SMILES string of the molecule is CCC1CCCN(CC(C)C(C)N)C1. The number of nitrogens with two attached hydrogens (primary N) is 1. The molecule has 0 aromatic heterocycles. The first kappa shape index (κ1) is 12.0. The van der Waals surface area contributed by atoms with Crippen LogP contribution in [0.2, 0.25) is 0 Å². The van der Waals surface area contributed by atoms with Gasteiger partial charge in [-0.3, -0.25) is 0 Å². The molecule has 1 saturated heterocycles. The average Bonchev–Trinajstić information content (AvgIpc) is 2.18. The van der Waals surface area contributed by atoms with Gasteiger partial charge in [-0.1, -0.05) is 20.3 Å². The largest absolute Gasteiger partial charge is 0.328 e. The van der Waals surface area contributed by atoms with Crippen LogP contribution in [-0.2, 0) is 0 Å². The molecule has 0 spiro atoms. The third-order valence-electron chi connectivity index (χ3n) is 3.62. The molecule has 84 valence electrons. The quantitative estimate of drug-likeness (QED) is 0.749. The van der Waals surface area contributed by atoms with E-state index in [1.54, 1.807) is 0 Å². The van der Waals surface area contributed by atoms with Crippen LogP contribution in [0.1, 0.15) is 40.0 Å².